The molecule has 0 bridgehead atoms. The highest BCUT2D eigenvalue weighted by atomic mass is 16.5. The van der Waals surface area contributed by atoms with Crippen LogP contribution in [0.3, 0.4) is 0 Å². The molecule has 6 heteroatoms. The van der Waals surface area contributed by atoms with Gasteiger partial charge in [0.1, 0.15) is 11.5 Å². The van der Waals surface area contributed by atoms with Gasteiger partial charge in [-0.3, -0.25) is 4.79 Å². The van der Waals surface area contributed by atoms with Gasteiger partial charge in [-0.15, -0.1) is 0 Å². The average molecular weight is 365 g/mol. The van der Waals surface area contributed by atoms with Crippen molar-refractivity contribution in [1.29, 1.82) is 0 Å². The molecule has 0 atom stereocenters. The molecule has 1 N–H and O–H groups in total. The maximum absolute atomic E-state index is 12.7. The quantitative estimate of drug-likeness (QED) is 0.816. The highest BCUT2D eigenvalue weighted by molar-refractivity contribution is 6.09. The van der Waals surface area contributed by atoms with Gasteiger partial charge in [0.05, 0.1) is 25.5 Å². The number of carbonyl (C=O) groups excluding carboxylic acids is 2. The number of amides is 1. The third-order valence-corrected chi connectivity index (χ3v) is 3.86. The minimum atomic E-state index is -0.434. The molecule has 2 aromatic rings. The zero-order chi connectivity index (χ0) is 19.2. The first-order valence-electron chi connectivity index (χ1n) is 8.42. The summed E-state index contributed by atoms with van der Waals surface area (Å²) in [6.45, 7) is 2.03. The molecule has 0 fully saturated rings. The topological polar surface area (TPSA) is 73.9 Å². The second-order valence-electron chi connectivity index (χ2n) is 5.68. The highest BCUT2D eigenvalue weighted by Gasteiger charge is 2.14. The molecule has 1 aliphatic heterocycles. The predicted molar refractivity (Wildman–Crippen MR) is 102 cm³/mol. The maximum atomic E-state index is 12.7. The van der Waals surface area contributed by atoms with Gasteiger partial charge in [-0.2, -0.15) is 0 Å². The Morgan fingerprint density at radius 3 is 2.78 bits per heavy atom. The van der Waals surface area contributed by atoms with E-state index in [1.165, 1.54) is 6.26 Å². The average Bonchev–Trinajstić information content (AvgIpc) is 2.90. The summed E-state index contributed by atoms with van der Waals surface area (Å²) in [7, 11) is 1.57. The number of anilines is 1. The first-order valence-corrected chi connectivity index (χ1v) is 8.42. The van der Waals surface area contributed by atoms with Crippen LogP contribution in [-0.2, 0) is 9.53 Å². The lowest BCUT2D eigenvalue weighted by Gasteiger charge is -2.08. The van der Waals surface area contributed by atoms with E-state index in [4.69, 9.17) is 14.2 Å². The summed E-state index contributed by atoms with van der Waals surface area (Å²) >= 11 is 0. The Hall–Kier alpha value is -3.54. The zero-order valence-corrected chi connectivity index (χ0v) is 15.0. The van der Waals surface area contributed by atoms with Crippen LogP contribution in [0.25, 0.3) is 6.08 Å². The summed E-state index contributed by atoms with van der Waals surface area (Å²) in [5.74, 6) is 0.527. The third-order valence-electron chi connectivity index (χ3n) is 3.86. The number of esters is 1. The Morgan fingerprint density at radius 1 is 1.15 bits per heavy atom. The van der Waals surface area contributed by atoms with E-state index in [1.54, 1.807) is 68.7 Å². The Bertz CT molecular complexity index is 930. The molecule has 0 radical (unpaired) electrons. The van der Waals surface area contributed by atoms with E-state index in [2.05, 4.69) is 5.32 Å². The molecule has 0 unspecified atom stereocenters. The van der Waals surface area contributed by atoms with Crippen molar-refractivity contribution in [2.45, 2.75) is 6.92 Å². The molecule has 2 aromatic carbocycles. The molecular weight excluding hydrogens is 346 g/mol. The number of rotatable bonds is 5. The number of hydrogen-bond acceptors (Lipinski definition) is 5. The molecule has 1 aliphatic rings. The van der Waals surface area contributed by atoms with Gasteiger partial charge in [0.2, 0.25) is 0 Å². The van der Waals surface area contributed by atoms with E-state index in [1.807, 2.05) is 0 Å². The van der Waals surface area contributed by atoms with Crippen LogP contribution in [0, 0.1) is 0 Å². The molecule has 0 aliphatic carbocycles. The van der Waals surface area contributed by atoms with Crippen molar-refractivity contribution >= 4 is 23.6 Å². The summed E-state index contributed by atoms with van der Waals surface area (Å²) in [5, 5.41) is 2.78. The number of benzene rings is 2. The van der Waals surface area contributed by atoms with Gasteiger partial charge in [-0.25, -0.2) is 4.79 Å². The molecule has 27 heavy (non-hydrogen) atoms. The van der Waals surface area contributed by atoms with Crippen molar-refractivity contribution < 1.29 is 23.8 Å². The van der Waals surface area contributed by atoms with E-state index in [0.717, 1.165) is 5.56 Å². The van der Waals surface area contributed by atoms with Crippen LogP contribution in [-0.4, -0.2) is 25.6 Å². The van der Waals surface area contributed by atoms with Crippen LogP contribution < -0.4 is 14.8 Å². The smallest absolute Gasteiger partial charge is 0.338 e. The number of methoxy groups -OCH3 is 1. The number of fused-ring (bicyclic) bond motifs is 1. The Labute approximate surface area is 157 Å². The summed E-state index contributed by atoms with van der Waals surface area (Å²) in [5.41, 5.74) is 2.00. The van der Waals surface area contributed by atoms with Crippen LogP contribution in [0.4, 0.5) is 5.69 Å². The lowest BCUT2D eigenvalue weighted by atomic mass is 10.1. The number of hydrogen-bond donors (Lipinski definition) is 1. The van der Waals surface area contributed by atoms with E-state index in [0.29, 0.717) is 28.3 Å². The van der Waals surface area contributed by atoms with Crippen molar-refractivity contribution in [3.63, 3.8) is 0 Å². The lowest BCUT2D eigenvalue weighted by molar-refractivity contribution is -0.112. The van der Waals surface area contributed by atoms with Gasteiger partial charge in [-0.05, 0) is 55.5 Å². The van der Waals surface area contributed by atoms with E-state index >= 15 is 0 Å². The van der Waals surface area contributed by atoms with E-state index in [9.17, 15) is 9.59 Å². The first kappa shape index (κ1) is 18.3. The fraction of sp³-hybridized carbons (Fsp3) is 0.143. The molecule has 0 saturated carbocycles. The molecule has 6 nitrogen and oxygen atoms in total. The van der Waals surface area contributed by atoms with E-state index in [-0.39, 0.29) is 12.5 Å². The lowest BCUT2D eigenvalue weighted by Crippen LogP contribution is -2.14. The summed E-state index contributed by atoms with van der Waals surface area (Å²) in [4.78, 5) is 24.5. The number of carbonyl (C=O) groups is 2. The highest BCUT2D eigenvalue weighted by Crippen LogP contribution is 2.29. The Kier molecular flexibility index (Phi) is 5.56. The second-order valence-corrected chi connectivity index (χ2v) is 5.68. The summed E-state index contributed by atoms with van der Waals surface area (Å²) < 4.78 is 15.7. The minimum absolute atomic E-state index is 0.288. The molecule has 1 heterocycles. The van der Waals surface area contributed by atoms with Crippen molar-refractivity contribution in [3.8, 4) is 11.5 Å². The van der Waals surface area contributed by atoms with E-state index < -0.39 is 5.97 Å². The van der Waals surface area contributed by atoms with Gasteiger partial charge >= 0.3 is 5.97 Å². The molecule has 138 valence electrons. The van der Waals surface area contributed by atoms with Gasteiger partial charge in [0, 0.05) is 16.8 Å². The van der Waals surface area contributed by atoms with Crippen molar-refractivity contribution in [2.24, 2.45) is 0 Å². The van der Waals surface area contributed by atoms with Crippen molar-refractivity contribution in [1.82, 2.24) is 0 Å². The van der Waals surface area contributed by atoms with Crippen LogP contribution in [0.1, 0.15) is 22.8 Å². The van der Waals surface area contributed by atoms with Crippen LogP contribution >= 0.6 is 0 Å². The first-order chi connectivity index (χ1) is 13.1. The van der Waals surface area contributed by atoms with Crippen molar-refractivity contribution in [3.05, 3.63) is 71.5 Å². The van der Waals surface area contributed by atoms with Crippen molar-refractivity contribution in [2.75, 3.05) is 19.0 Å². The van der Waals surface area contributed by atoms with Crippen LogP contribution in [0.15, 0.2) is 60.4 Å². The van der Waals surface area contributed by atoms with Gasteiger partial charge < -0.3 is 19.5 Å². The molecular formula is C21H19NO5. The molecule has 1 amide bonds. The SMILES string of the molecule is CCOC(=O)c1cccc(NC(=O)C2=Cc3cc(OC)ccc3OC=C2)c1. The van der Waals surface area contributed by atoms with Gasteiger partial charge in [0.25, 0.3) is 5.91 Å². The fourth-order valence-electron chi connectivity index (χ4n) is 2.55. The normalized spacial score (nSPS) is 12.1. The largest absolute Gasteiger partial charge is 0.497 e. The van der Waals surface area contributed by atoms with Crippen LogP contribution in [0.2, 0.25) is 0 Å². The molecule has 0 saturated heterocycles. The second kappa shape index (κ2) is 8.23. The fourth-order valence-corrected chi connectivity index (χ4v) is 2.55. The summed E-state index contributed by atoms with van der Waals surface area (Å²) in [6, 6.07) is 11.9. The Balaban J connectivity index is 1.82. The monoisotopic (exact) mass is 365 g/mol. The number of ether oxygens (including phenoxy) is 3. The molecule has 0 spiro atoms. The zero-order valence-electron chi connectivity index (χ0n) is 15.0. The number of nitrogens with one attached hydrogen (secondary N) is 1. The maximum Gasteiger partial charge on any atom is 0.338 e. The minimum Gasteiger partial charge on any atom is -0.497 e. The molecule has 0 aromatic heterocycles. The Morgan fingerprint density at radius 2 is 2.00 bits per heavy atom. The van der Waals surface area contributed by atoms with Gasteiger partial charge in [-0.1, -0.05) is 6.07 Å². The van der Waals surface area contributed by atoms with Gasteiger partial charge in [0.15, 0.2) is 0 Å². The molecule has 3 rings (SSSR count). The van der Waals surface area contributed by atoms with Crippen LogP contribution in [0.5, 0.6) is 11.5 Å². The predicted octanol–water partition coefficient (Wildman–Crippen LogP) is 3.80. The third kappa shape index (κ3) is 4.36. The summed E-state index contributed by atoms with van der Waals surface area (Å²) in [6.07, 6.45) is 4.75. The standard InChI is InChI=1S/C21H19NO5/c1-3-26-21(24)15-5-4-6-17(12-15)22-20(23)14-9-10-27-19-8-7-18(25-2)13-16(19)11-14/h4-13H,3H2,1-2H3,(H,22,23).